The number of carbonyl (C=O) groups is 2. The van der Waals surface area contributed by atoms with Crippen LogP contribution in [-0.2, 0) is 4.79 Å². The van der Waals surface area contributed by atoms with Crippen LogP contribution in [0.4, 0.5) is 0 Å². The van der Waals surface area contributed by atoms with Crippen molar-refractivity contribution in [1.82, 2.24) is 10.2 Å². The molecule has 0 aliphatic carbocycles. The van der Waals surface area contributed by atoms with Crippen molar-refractivity contribution in [2.45, 2.75) is 26.8 Å². The van der Waals surface area contributed by atoms with Crippen molar-refractivity contribution < 1.29 is 9.59 Å². The molecule has 0 saturated carbocycles. The average molecular weight is 262 g/mol. The molecule has 0 heterocycles. The molecule has 0 fully saturated rings. The highest BCUT2D eigenvalue weighted by atomic mass is 16.2. The number of hydrogen-bond acceptors (Lipinski definition) is 2. The van der Waals surface area contributed by atoms with Crippen molar-refractivity contribution in [3.05, 3.63) is 35.4 Å². The van der Waals surface area contributed by atoms with Gasteiger partial charge in [-0.3, -0.25) is 9.59 Å². The zero-order chi connectivity index (χ0) is 14.6. The van der Waals surface area contributed by atoms with E-state index in [1.54, 1.807) is 26.2 Å². The molecule has 1 atom stereocenters. The fraction of sp³-hybridized carbons (Fsp3) is 0.467. The highest BCUT2D eigenvalue weighted by Gasteiger charge is 2.25. The Balaban J connectivity index is 2.82. The summed E-state index contributed by atoms with van der Waals surface area (Å²) in [7, 11) is 3.38. The summed E-state index contributed by atoms with van der Waals surface area (Å²) in [5, 5.41) is 2.80. The van der Waals surface area contributed by atoms with Crippen LogP contribution in [0.25, 0.3) is 0 Å². The summed E-state index contributed by atoms with van der Waals surface area (Å²) in [4.78, 5) is 25.6. The van der Waals surface area contributed by atoms with E-state index in [4.69, 9.17) is 0 Å². The van der Waals surface area contributed by atoms with Crippen molar-refractivity contribution in [3.8, 4) is 0 Å². The molecule has 1 aromatic rings. The molecular weight excluding hydrogens is 240 g/mol. The number of rotatable bonds is 4. The van der Waals surface area contributed by atoms with Crippen molar-refractivity contribution in [2.75, 3.05) is 14.1 Å². The van der Waals surface area contributed by atoms with E-state index in [9.17, 15) is 9.59 Å². The quantitative estimate of drug-likeness (QED) is 0.900. The zero-order valence-corrected chi connectivity index (χ0v) is 12.2. The highest BCUT2D eigenvalue weighted by Crippen LogP contribution is 2.08. The van der Waals surface area contributed by atoms with Crippen LogP contribution in [0.1, 0.15) is 29.8 Å². The van der Waals surface area contributed by atoms with Crippen LogP contribution in [-0.4, -0.2) is 36.9 Å². The SMILES string of the molecule is Cc1ccc(C(=O)NC(C(=O)N(C)C)C(C)C)cc1. The van der Waals surface area contributed by atoms with Gasteiger partial charge < -0.3 is 10.2 Å². The minimum absolute atomic E-state index is 0.0456. The van der Waals surface area contributed by atoms with Gasteiger partial charge in [-0.05, 0) is 25.0 Å². The molecule has 0 spiro atoms. The summed E-state index contributed by atoms with van der Waals surface area (Å²) in [6.45, 7) is 5.80. The summed E-state index contributed by atoms with van der Waals surface area (Å²) in [5.41, 5.74) is 1.67. The third kappa shape index (κ3) is 4.09. The fourth-order valence-electron chi connectivity index (χ4n) is 1.72. The molecule has 0 radical (unpaired) electrons. The van der Waals surface area contributed by atoms with Crippen LogP contribution in [0, 0.1) is 12.8 Å². The van der Waals surface area contributed by atoms with Gasteiger partial charge in [-0.1, -0.05) is 31.5 Å². The summed E-state index contributed by atoms with van der Waals surface area (Å²) in [5.74, 6) is -0.256. The molecule has 4 heteroatoms. The molecule has 0 bridgehead atoms. The van der Waals surface area contributed by atoms with E-state index in [1.165, 1.54) is 4.90 Å². The van der Waals surface area contributed by atoms with Crippen LogP contribution >= 0.6 is 0 Å². The molecule has 2 amide bonds. The molecular formula is C15H22N2O2. The van der Waals surface area contributed by atoms with Crippen molar-refractivity contribution in [2.24, 2.45) is 5.92 Å². The van der Waals surface area contributed by atoms with Crippen LogP contribution in [0.15, 0.2) is 24.3 Å². The lowest BCUT2D eigenvalue weighted by Crippen LogP contribution is -2.49. The Kier molecular flexibility index (Phi) is 5.10. The first-order valence-corrected chi connectivity index (χ1v) is 6.41. The average Bonchev–Trinajstić information content (AvgIpc) is 2.35. The second-order valence-electron chi connectivity index (χ2n) is 5.29. The van der Waals surface area contributed by atoms with Crippen molar-refractivity contribution in [3.63, 3.8) is 0 Å². The van der Waals surface area contributed by atoms with Gasteiger partial charge >= 0.3 is 0 Å². The topological polar surface area (TPSA) is 49.4 Å². The largest absolute Gasteiger partial charge is 0.347 e. The van der Waals surface area contributed by atoms with Gasteiger partial charge in [-0.15, -0.1) is 0 Å². The summed E-state index contributed by atoms with van der Waals surface area (Å²) >= 11 is 0. The molecule has 1 rings (SSSR count). The van der Waals surface area contributed by atoms with Gasteiger partial charge in [0.1, 0.15) is 6.04 Å². The molecule has 0 aliphatic rings. The summed E-state index contributed by atoms with van der Waals surface area (Å²) < 4.78 is 0. The van der Waals surface area contributed by atoms with Gasteiger partial charge in [-0.2, -0.15) is 0 Å². The number of aryl methyl sites for hydroxylation is 1. The first-order valence-electron chi connectivity index (χ1n) is 6.41. The third-order valence-electron chi connectivity index (χ3n) is 2.97. The van der Waals surface area contributed by atoms with Gasteiger partial charge in [0.05, 0.1) is 0 Å². The molecule has 0 aromatic heterocycles. The maximum Gasteiger partial charge on any atom is 0.251 e. The number of nitrogens with zero attached hydrogens (tertiary/aromatic N) is 1. The molecule has 4 nitrogen and oxygen atoms in total. The van der Waals surface area contributed by atoms with E-state index in [0.717, 1.165) is 5.56 Å². The van der Waals surface area contributed by atoms with Gasteiger partial charge in [0.15, 0.2) is 0 Å². The molecule has 19 heavy (non-hydrogen) atoms. The molecule has 1 unspecified atom stereocenters. The Bertz CT molecular complexity index is 450. The van der Waals surface area contributed by atoms with Crippen molar-refractivity contribution in [1.29, 1.82) is 0 Å². The summed E-state index contributed by atoms with van der Waals surface area (Å²) in [6, 6.07) is 6.80. The number of benzene rings is 1. The minimum Gasteiger partial charge on any atom is -0.347 e. The van der Waals surface area contributed by atoms with E-state index in [2.05, 4.69) is 5.32 Å². The molecule has 104 valence electrons. The van der Waals surface area contributed by atoms with E-state index in [-0.39, 0.29) is 17.7 Å². The molecule has 0 aliphatic heterocycles. The highest BCUT2D eigenvalue weighted by molar-refractivity contribution is 5.97. The standard InChI is InChI=1S/C15H22N2O2/c1-10(2)13(15(19)17(4)5)16-14(18)12-8-6-11(3)7-9-12/h6-10,13H,1-5H3,(H,16,18). The van der Waals surface area contributed by atoms with Crippen LogP contribution < -0.4 is 5.32 Å². The minimum atomic E-state index is -0.496. The van der Waals surface area contributed by atoms with E-state index in [0.29, 0.717) is 5.56 Å². The number of carbonyl (C=O) groups excluding carboxylic acids is 2. The van der Waals surface area contributed by atoms with E-state index < -0.39 is 6.04 Å². The Morgan fingerprint density at radius 2 is 1.63 bits per heavy atom. The van der Waals surface area contributed by atoms with Crippen LogP contribution in [0.3, 0.4) is 0 Å². The zero-order valence-electron chi connectivity index (χ0n) is 12.2. The first kappa shape index (κ1) is 15.2. The Morgan fingerprint density at radius 3 is 2.05 bits per heavy atom. The van der Waals surface area contributed by atoms with Crippen LogP contribution in [0.5, 0.6) is 0 Å². The lowest BCUT2D eigenvalue weighted by molar-refractivity contribution is -0.131. The van der Waals surface area contributed by atoms with Gasteiger partial charge in [0.25, 0.3) is 5.91 Å². The lowest BCUT2D eigenvalue weighted by Gasteiger charge is -2.24. The Labute approximate surface area is 114 Å². The normalized spacial score (nSPS) is 12.1. The number of nitrogens with one attached hydrogen (secondary N) is 1. The van der Waals surface area contributed by atoms with Gasteiger partial charge in [-0.25, -0.2) is 0 Å². The van der Waals surface area contributed by atoms with E-state index in [1.807, 2.05) is 32.9 Å². The summed E-state index contributed by atoms with van der Waals surface area (Å²) in [6.07, 6.45) is 0. The lowest BCUT2D eigenvalue weighted by atomic mass is 10.0. The van der Waals surface area contributed by atoms with Crippen LogP contribution in [0.2, 0.25) is 0 Å². The predicted octanol–water partition coefficient (Wildman–Crippen LogP) is 1.84. The third-order valence-corrected chi connectivity index (χ3v) is 2.97. The van der Waals surface area contributed by atoms with Gasteiger partial charge in [0.2, 0.25) is 5.91 Å². The van der Waals surface area contributed by atoms with Gasteiger partial charge in [0, 0.05) is 19.7 Å². The molecule has 1 aromatic carbocycles. The molecule has 1 N–H and O–H groups in total. The Hall–Kier alpha value is -1.84. The molecule has 0 saturated heterocycles. The Morgan fingerprint density at radius 1 is 1.11 bits per heavy atom. The maximum absolute atomic E-state index is 12.1. The first-order chi connectivity index (χ1) is 8.82. The second-order valence-corrected chi connectivity index (χ2v) is 5.29. The smallest absolute Gasteiger partial charge is 0.251 e. The second kappa shape index (κ2) is 6.36. The maximum atomic E-state index is 12.1. The van der Waals surface area contributed by atoms with E-state index >= 15 is 0 Å². The number of amides is 2. The number of likely N-dealkylation sites (N-methyl/N-ethyl adjacent to an activating group) is 1. The fourth-order valence-corrected chi connectivity index (χ4v) is 1.72. The van der Waals surface area contributed by atoms with Crippen molar-refractivity contribution >= 4 is 11.8 Å². The monoisotopic (exact) mass is 262 g/mol. The predicted molar refractivity (Wildman–Crippen MR) is 76.0 cm³/mol. The number of hydrogen-bond donors (Lipinski definition) is 1.